The van der Waals surface area contributed by atoms with E-state index in [-0.39, 0.29) is 0 Å². The second-order valence-corrected chi connectivity index (χ2v) is 11.2. The Hall–Kier alpha value is 0.350. The van der Waals surface area contributed by atoms with Crippen LogP contribution in [0.2, 0.25) is 0 Å². The summed E-state index contributed by atoms with van der Waals surface area (Å²) in [5.74, 6) is 3.70. The molecule has 0 amide bonds. The van der Waals surface area contributed by atoms with Crippen LogP contribution in [0.4, 0.5) is 0 Å². The van der Waals surface area contributed by atoms with E-state index in [1.807, 2.05) is 0 Å². The van der Waals surface area contributed by atoms with Crippen LogP contribution in [0.25, 0.3) is 0 Å². The number of rotatable bonds is 7. The molecule has 1 aliphatic carbocycles. The molecule has 0 aromatic heterocycles. The zero-order valence-electron chi connectivity index (χ0n) is 17.9. The third-order valence-corrected chi connectivity index (χ3v) is 7.69. The van der Waals surface area contributed by atoms with E-state index < -0.39 is 0 Å². The lowest BCUT2D eigenvalue weighted by Crippen LogP contribution is -2.52. The second kappa shape index (κ2) is 9.52. The third-order valence-electron chi connectivity index (χ3n) is 7.48. The standard InChI is InChI=1S/C22H45N2P/c1-17(2)20-9-7-19(8-10-20)16-24-13-11-21(12-14-24)22(4,5)23(6)15-18(3)25/h17-21H,7-16,25H2,1-6H3. The first kappa shape index (κ1) is 21.6. The first-order valence-electron chi connectivity index (χ1n) is 10.9. The van der Waals surface area contributed by atoms with E-state index in [1.54, 1.807) is 0 Å². The fourth-order valence-electron chi connectivity index (χ4n) is 5.20. The topological polar surface area (TPSA) is 6.48 Å². The number of hydrogen-bond acceptors (Lipinski definition) is 2. The van der Waals surface area contributed by atoms with Crippen LogP contribution in [-0.4, -0.2) is 54.2 Å². The minimum absolute atomic E-state index is 0.326. The molecule has 0 N–H and O–H groups in total. The van der Waals surface area contributed by atoms with E-state index in [2.05, 4.69) is 60.7 Å². The van der Waals surface area contributed by atoms with Gasteiger partial charge >= 0.3 is 0 Å². The van der Waals surface area contributed by atoms with Crippen molar-refractivity contribution in [1.29, 1.82) is 0 Å². The summed E-state index contributed by atoms with van der Waals surface area (Å²) in [4.78, 5) is 5.38. The summed E-state index contributed by atoms with van der Waals surface area (Å²) in [5.41, 5.74) is 0.997. The zero-order chi connectivity index (χ0) is 18.6. The molecule has 0 bridgehead atoms. The molecule has 0 aromatic rings. The minimum Gasteiger partial charge on any atom is -0.303 e. The summed E-state index contributed by atoms with van der Waals surface area (Å²) in [5, 5.41) is 0. The van der Waals surface area contributed by atoms with E-state index >= 15 is 0 Å². The maximum atomic E-state index is 2.95. The SMILES string of the molecule is CC(P)CN(C)C(C)(C)C1CCN(CC2CCC(C(C)C)CC2)CC1. The van der Waals surface area contributed by atoms with Gasteiger partial charge < -0.3 is 9.80 Å². The summed E-state index contributed by atoms with van der Waals surface area (Å²) < 4.78 is 0. The number of piperidine rings is 1. The first-order valence-corrected chi connectivity index (χ1v) is 11.6. The number of likely N-dealkylation sites (tertiary alicyclic amines) is 1. The van der Waals surface area contributed by atoms with E-state index in [0.717, 1.165) is 23.7 Å². The molecule has 0 spiro atoms. The predicted molar refractivity (Wildman–Crippen MR) is 115 cm³/mol. The molecule has 1 saturated heterocycles. The Bertz CT molecular complexity index is 377. The highest BCUT2D eigenvalue weighted by atomic mass is 31.0. The van der Waals surface area contributed by atoms with Crippen molar-refractivity contribution >= 4 is 9.24 Å². The van der Waals surface area contributed by atoms with Gasteiger partial charge in [-0.2, -0.15) is 0 Å². The van der Waals surface area contributed by atoms with Gasteiger partial charge in [-0.05, 0) is 102 Å². The lowest BCUT2D eigenvalue weighted by Gasteiger charge is -2.47. The van der Waals surface area contributed by atoms with Crippen molar-refractivity contribution in [2.45, 2.75) is 84.3 Å². The molecule has 25 heavy (non-hydrogen) atoms. The van der Waals surface area contributed by atoms with Crippen molar-refractivity contribution in [1.82, 2.24) is 9.80 Å². The number of nitrogens with zero attached hydrogens (tertiary/aromatic N) is 2. The Morgan fingerprint density at radius 3 is 2.04 bits per heavy atom. The normalized spacial score (nSPS) is 28.7. The molecule has 2 aliphatic rings. The van der Waals surface area contributed by atoms with Gasteiger partial charge in [0.1, 0.15) is 0 Å². The molecule has 2 unspecified atom stereocenters. The Balaban J connectivity index is 1.74. The third kappa shape index (κ3) is 6.18. The van der Waals surface area contributed by atoms with Gasteiger partial charge in [-0.3, -0.25) is 0 Å². The highest BCUT2D eigenvalue weighted by molar-refractivity contribution is 7.17. The summed E-state index contributed by atoms with van der Waals surface area (Å²) in [6, 6.07) is 0. The van der Waals surface area contributed by atoms with Crippen molar-refractivity contribution in [3.8, 4) is 0 Å². The lowest BCUT2D eigenvalue weighted by atomic mass is 9.76. The van der Waals surface area contributed by atoms with Crippen molar-refractivity contribution in [3.63, 3.8) is 0 Å². The minimum atomic E-state index is 0.326. The highest BCUT2D eigenvalue weighted by Gasteiger charge is 2.36. The molecule has 2 rings (SSSR count). The van der Waals surface area contributed by atoms with Crippen LogP contribution < -0.4 is 0 Å². The smallest absolute Gasteiger partial charge is 0.0179 e. The average Bonchev–Trinajstić information content (AvgIpc) is 2.55. The van der Waals surface area contributed by atoms with E-state index in [0.29, 0.717) is 11.2 Å². The average molecular weight is 369 g/mol. The molecule has 0 radical (unpaired) electrons. The molecule has 1 heterocycles. The van der Waals surface area contributed by atoms with Crippen LogP contribution in [0.5, 0.6) is 0 Å². The van der Waals surface area contributed by atoms with Gasteiger partial charge in [0.15, 0.2) is 0 Å². The number of hydrogen-bond donors (Lipinski definition) is 0. The van der Waals surface area contributed by atoms with Crippen LogP contribution in [0.3, 0.4) is 0 Å². The Morgan fingerprint density at radius 2 is 1.56 bits per heavy atom. The lowest BCUT2D eigenvalue weighted by molar-refractivity contribution is 0.0378. The van der Waals surface area contributed by atoms with E-state index in [4.69, 9.17) is 0 Å². The quantitative estimate of drug-likeness (QED) is 0.575. The van der Waals surface area contributed by atoms with Crippen LogP contribution in [0, 0.1) is 23.7 Å². The van der Waals surface area contributed by atoms with E-state index in [9.17, 15) is 0 Å². The first-order chi connectivity index (χ1) is 11.7. The highest BCUT2D eigenvalue weighted by Crippen LogP contribution is 2.36. The van der Waals surface area contributed by atoms with Gasteiger partial charge in [0.2, 0.25) is 0 Å². The van der Waals surface area contributed by atoms with Gasteiger partial charge in [0.05, 0.1) is 0 Å². The predicted octanol–water partition coefficient (Wildman–Crippen LogP) is 5.13. The van der Waals surface area contributed by atoms with Crippen LogP contribution in [0.1, 0.15) is 73.1 Å². The van der Waals surface area contributed by atoms with Crippen LogP contribution in [0.15, 0.2) is 0 Å². The van der Waals surface area contributed by atoms with Gasteiger partial charge in [0.25, 0.3) is 0 Å². The maximum Gasteiger partial charge on any atom is 0.0179 e. The molecule has 0 aromatic carbocycles. The van der Waals surface area contributed by atoms with Crippen molar-refractivity contribution in [2.75, 3.05) is 33.2 Å². The van der Waals surface area contributed by atoms with Crippen molar-refractivity contribution in [2.24, 2.45) is 23.7 Å². The summed E-state index contributed by atoms with van der Waals surface area (Å²) in [7, 11) is 5.27. The molecule has 2 nitrogen and oxygen atoms in total. The fourth-order valence-corrected chi connectivity index (χ4v) is 5.52. The second-order valence-electron chi connectivity index (χ2n) is 10.1. The van der Waals surface area contributed by atoms with Gasteiger partial charge in [-0.25, -0.2) is 0 Å². The Labute approximate surface area is 160 Å². The molecular weight excluding hydrogens is 323 g/mol. The zero-order valence-corrected chi connectivity index (χ0v) is 19.1. The molecule has 1 saturated carbocycles. The summed E-state index contributed by atoms with van der Waals surface area (Å²) in [6.45, 7) is 17.2. The fraction of sp³-hybridized carbons (Fsp3) is 1.00. The molecule has 2 atom stereocenters. The molecule has 3 heteroatoms. The summed E-state index contributed by atoms with van der Waals surface area (Å²) in [6.07, 6.45) is 8.66. The molecule has 2 fully saturated rings. The summed E-state index contributed by atoms with van der Waals surface area (Å²) >= 11 is 0. The monoisotopic (exact) mass is 368 g/mol. The Kier molecular flexibility index (Phi) is 8.24. The van der Waals surface area contributed by atoms with Crippen molar-refractivity contribution in [3.05, 3.63) is 0 Å². The van der Waals surface area contributed by atoms with Crippen molar-refractivity contribution < 1.29 is 0 Å². The maximum absolute atomic E-state index is 2.95. The van der Waals surface area contributed by atoms with E-state index in [1.165, 1.54) is 64.7 Å². The van der Waals surface area contributed by atoms with Gasteiger partial charge in [0, 0.05) is 18.6 Å². The molecular formula is C22H45N2P. The van der Waals surface area contributed by atoms with Gasteiger partial charge in [-0.1, -0.05) is 20.8 Å². The molecule has 148 valence electrons. The van der Waals surface area contributed by atoms with Crippen LogP contribution >= 0.6 is 9.24 Å². The van der Waals surface area contributed by atoms with Crippen LogP contribution in [-0.2, 0) is 0 Å². The van der Waals surface area contributed by atoms with Gasteiger partial charge in [-0.15, -0.1) is 9.24 Å². The Morgan fingerprint density at radius 1 is 1.00 bits per heavy atom. The molecule has 1 aliphatic heterocycles. The largest absolute Gasteiger partial charge is 0.303 e.